The Morgan fingerprint density at radius 1 is 1.40 bits per heavy atom. The molecule has 0 fully saturated rings. The van der Waals surface area contributed by atoms with E-state index in [1.165, 1.54) is 6.33 Å². The molecule has 4 nitrogen and oxygen atoms in total. The lowest BCUT2D eigenvalue weighted by Gasteiger charge is -2.10. The summed E-state index contributed by atoms with van der Waals surface area (Å²) in [5.74, 6) is 0.580. The summed E-state index contributed by atoms with van der Waals surface area (Å²) in [5.41, 5.74) is 0.480. The van der Waals surface area contributed by atoms with E-state index in [0.29, 0.717) is 16.7 Å². The van der Waals surface area contributed by atoms with Crippen LogP contribution in [0.25, 0.3) is 10.9 Å². The molecule has 2 aromatic rings. The standard InChI is InChI=1S/C11H12N2O2/c1-7(2)15-9-5-3-4-8-10(9)11(14)13-6-12-8/h3-7H,1-2H3,(H,12,13,14). The van der Waals surface area contributed by atoms with Gasteiger partial charge >= 0.3 is 0 Å². The Kier molecular flexibility index (Phi) is 2.41. The molecule has 78 valence electrons. The van der Waals surface area contributed by atoms with Crippen LogP contribution in [0.3, 0.4) is 0 Å². The van der Waals surface area contributed by atoms with Crippen molar-refractivity contribution >= 4 is 10.9 Å². The van der Waals surface area contributed by atoms with Gasteiger partial charge in [-0.2, -0.15) is 0 Å². The maximum Gasteiger partial charge on any atom is 0.262 e. The number of aromatic nitrogens is 2. The Morgan fingerprint density at radius 2 is 2.20 bits per heavy atom. The zero-order valence-electron chi connectivity index (χ0n) is 8.65. The van der Waals surface area contributed by atoms with Crippen molar-refractivity contribution in [1.29, 1.82) is 0 Å². The van der Waals surface area contributed by atoms with Crippen molar-refractivity contribution in [1.82, 2.24) is 9.97 Å². The maximum absolute atomic E-state index is 11.6. The molecule has 0 aliphatic rings. The SMILES string of the molecule is CC(C)Oc1cccc2nc[nH]c(=O)c12. The molecule has 0 aliphatic carbocycles. The van der Waals surface area contributed by atoms with Gasteiger partial charge in [-0.25, -0.2) is 4.98 Å². The molecule has 0 spiro atoms. The molecule has 0 bridgehead atoms. The molecular weight excluding hydrogens is 192 g/mol. The molecule has 0 atom stereocenters. The second kappa shape index (κ2) is 3.73. The number of ether oxygens (including phenoxy) is 1. The van der Waals surface area contributed by atoms with Gasteiger partial charge in [-0.15, -0.1) is 0 Å². The average molecular weight is 204 g/mol. The third kappa shape index (κ3) is 1.83. The fourth-order valence-electron chi connectivity index (χ4n) is 1.44. The minimum Gasteiger partial charge on any atom is -0.490 e. The number of benzene rings is 1. The first-order chi connectivity index (χ1) is 7.18. The second-order valence-electron chi connectivity index (χ2n) is 3.55. The van der Waals surface area contributed by atoms with E-state index in [1.54, 1.807) is 12.1 Å². The summed E-state index contributed by atoms with van der Waals surface area (Å²) in [6.45, 7) is 3.84. The average Bonchev–Trinajstić information content (AvgIpc) is 2.17. The molecule has 1 aromatic carbocycles. The van der Waals surface area contributed by atoms with Gasteiger partial charge in [-0.1, -0.05) is 6.07 Å². The summed E-state index contributed by atoms with van der Waals surface area (Å²) in [4.78, 5) is 18.2. The highest BCUT2D eigenvalue weighted by Gasteiger charge is 2.07. The molecule has 0 amide bonds. The van der Waals surface area contributed by atoms with Gasteiger partial charge in [0.2, 0.25) is 0 Å². The fourth-order valence-corrected chi connectivity index (χ4v) is 1.44. The van der Waals surface area contributed by atoms with Crippen LogP contribution in [-0.4, -0.2) is 16.1 Å². The van der Waals surface area contributed by atoms with Crippen molar-refractivity contribution in [3.63, 3.8) is 0 Å². The largest absolute Gasteiger partial charge is 0.490 e. The number of rotatable bonds is 2. The van der Waals surface area contributed by atoms with E-state index < -0.39 is 0 Å². The fraction of sp³-hybridized carbons (Fsp3) is 0.273. The van der Waals surface area contributed by atoms with Crippen molar-refractivity contribution in [2.45, 2.75) is 20.0 Å². The Balaban J connectivity index is 2.69. The number of nitrogens with zero attached hydrogens (tertiary/aromatic N) is 1. The van der Waals surface area contributed by atoms with E-state index in [2.05, 4.69) is 9.97 Å². The molecule has 0 saturated carbocycles. The molecular formula is C11H12N2O2. The Morgan fingerprint density at radius 3 is 2.93 bits per heavy atom. The first-order valence-electron chi connectivity index (χ1n) is 4.81. The van der Waals surface area contributed by atoms with Gasteiger partial charge in [-0.05, 0) is 26.0 Å². The van der Waals surface area contributed by atoms with Gasteiger partial charge in [-0.3, -0.25) is 4.79 Å². The van der Waals surface area contributed by atoms with Crippen LogP contribution in [0.1, 0.15) is 13.8 Å². The van der Waals surface area contributed by atoms with Crippen molar-refractivity contribution in [2.75, 3.05) is 0 Å². The third-order valence-electron chi connectivity index (χ3n) is 1.99. The molecule has 4 heteroatoms. The molecule has 1 heterocycles. The van der Waals surface area contributed by atoms with Gasteiger partial charge in [0.1, 0.15) is 11.1 Å². The van der Waals surface area contributed by atoms with Gasteiger partial charge < -0.3 is 9.72 Å². The second-order valence-corrected chi connectivity index (χ2v) is 3.55. The van der Waals surface area contributed by atoms with Crippen LogP contribution in [0.4, 0.5) is 0 Å². The number of hydrogen-bond donors (Lipinski definition) is 1. The number of hydrogen-bond acceptors (Lipinski definition) is 3. The van der Waals surface area contributed by atoms with Crippen LogP contribution in [0.2, 0.25) is 0 Å². The van der Waals surface area contributed by atoms with Crippen molar-refractivity contribution < 1.29 is 4.74 Å². The maximum atomic E-state index is 11.6. The summed E-state index contributed by atoms with van der Waals surface area (Å²) < 4.78 is 5.55. The monoisotopic (exact) mass is 204 g/mol. The highest BCUT2D eigenvalue weighted by atomic mass is 16.5. The number of H-pyrrole nitrogens is 1. The van der Waals surface area contributed by atoms with Crippen molar-refractivity contribution in [2.24, 2.45) is 0 Å². The molecule has 1 N–H and O–H groups in total. The van der Waals surface area contributed by atoms with Crippen LogP contribution in [0, 0.1) is 0 Å². The highest BCUT2D eigenvalue weighted by Crippen LogP contribution is 2.21. The van der Waals surface area contributed by atoms with Crippen LogP contribution in [0.5, 0.6) is 5.75 Å². The smallest absolute Gasteiger partial charge is 0.262 e. The Bertz CT molecular complexity index is 526. The summed E-state index contributed by atoms with van der Waals surface area (Å²) in [7, 11) is 0. The lowest BCUT2D eigenvalue weighted by molar-refractivity contribution is 0.245. The van der Waals surface area contributed by atoms with Crippen LogP contribution >= 0.6 is 0 Å². The van der Waals surface area contributed by atoms with E-state index in [9.17, 15) is 4.79 Å². The van der Waals surface area contributed by atoms with E-state index in [4.69, 9.17) is 4.74 Å². The highest BCUT2D eigenvalue weighted by molar-refractivity contribution is 5.83. The van der Waals surface area contributed by atoms with Gasteiger partial charge in [0.25, 0.3) is 5.56 Å². The zero-order chi connectivity index (χ0) is 10.8. The lowest BCUT2D eigenvalue weighted by Crippen LogP contribution is -2.11. The molecule has 2 rings (SSSR count). The lowest BCUT2D eigenvalue weighted by atomic mass is 10.2. The summed E-state index contributed by atoms with van der Waals surface area (Å²) in [5, 5.41) is 0.508. The minimum absolute atomic E-state index is 0.0372. The predicted molar refractivity (Wildman–Crippen MR) is 58.1 cm³/mol. The molecule has 1 aromatic heterocycles. The van der Waals surface area contributed by atoms with Crippen molar-refractivity contribution in [3.8, 4) is 5.75 Å². The van der Waals surface area contributed by atoms with E-state index in [0.717, 1.165) is 0 Å². The van der Waals surface area contributed by atoms with Crippen LogP contribution in [0.15, 0.2) is 29.3 Å². The molecule has 0 saturated heterocycles. The predicted octanol–water partition coefficient (Wildman–Crippen LogP) is 1.71. The molecule has 0 unspecified atom stereocenters. The summed E-state index contributed by atoms with van der Waals surface area (Å²) in [6.07, 6.45) is 1.43. The zero-order valence-corrected chi connectivity index (χ0v) is 8.65. The first kappa shape index (κ1) is 9.71. The van der Waals surface area contributed by atoms with Crippen LogP contribution in [-0.2, 0) is 0 Å². The number of fused-ring (bicyclic) bond motifs is 1. The Labute approximate surface area is 86.9 Å². The van der Waals surface area contributed by atoms with E-state index >= 15 is 0 Å². The minimum atomic E-state index is -0.170. The van der Waals surface area contributed by atoms with Gasteiger partial charge in [0.15, 0.2) is 0 Å². The van der Waals surface area contributed by atoms with E-state index in [-0.39, 0.29) is 11.7 Å². The molecule has 0 radical (unpaired) electrons. The third-order valence-corrected chi connectivity index (χ3v) is 1.99. The number of nitrogens with one attached hydrogen (secondary N) is 1. The molecule has 15 heavy (non-hydrogen) atoms. The summed E-state index contributed by atoms with van der Waals surface area (Å²) in [6, 6.07) is 5.39. The quantitative estimate of drug-likeness (QED) is 0.810. The molecule has 0 aliphatic heterocycles. The van der Waals surface area contributed by atoms with Gasteiger partial charge in [0, 0.05) is 0 Å². The summed E-state index contributed by atoms with van der Waals surface area (Å²) >= 11 is 0. The number of aromatic amines is 1. The first-order valence-corrected chi connectivity index (χ1v) is 4.81. The van der Waals surface area contributed by atoms with Gasteiger partial charge in [0.05, 0.1) is 17.9 Å². The van der Waals surface area contributed by atoms with E-state index in [1.807, 2.05) is 19.9 Å². The normalized spacial score (nSPS) is 10.9. The topological polar surface area (TPSA) is 55.0 Å². The van der Waals surface area contributed by atoms with Crippen LogP contribution < -0.4 is 10.3 Å². The van der Waals surface area contributed by atoms with Crippen molar-refractivity contribution in [3.05, 3.63) is 34.9 Å². The Hall–Kier alpha value is -1.84.